The van der Waals surface area contributed by atoms with Gasteiger partial charge >= 0.3 is 6.03 Å². The van der Waals surface area contributed by atoms with Crippen LogP contribution in [0.1, 0.15) is 17.4 Å². The summed E-state index contributed by atoms with van der Waals surface area (Å²) in [6.45, 7) is 0. The average molecular weight is 393 g/mol. The Bertz CT molecular complexity index is 927. The lowest BCUT2D eigenvalue weighted by atomic mass is 10.1. The molecule has 0 unspecified atom stereocenters. The summed E-state index contributed by atoms with van der Waals surface area (Å²) in [5, 5.41) is 6.28. The van der Waals surface area contributed by atoms with Gasteiger partial charge in [-0.25, -0.2) is 14.2 Å². The van der Waals surface area contributed by atoms with Crippen molar-refractivity contribution in [1.29, 1.82) is 0 Å². The van der Waals surface area contributed by atoms with Crippen molar-refractivity contribution in [2.45, 2.75) is 6.04 Å². The Balaban J connectivity index is 1.83. The minimum absolute atomic E-state index is 0.337. The number of hydrogen-bond donors (Lipinski definition) is 2. The van der Waals surface area contributed by atoms with E-state index >= 15 is 0 Å². The van der Waals surface area contributed by atoms with Gasteiger partial charge in [0, 0.05) is 25.1 Å². The molecule has 0 aliphatic rings. The average Bonchev–Trinajstić information content (AvgIpc) is 3.03. The van der Waals surface area contributed by atoms with E-state index in [2.05, 4.69) is 15.6 Å². The lowest BCUT2D eigenvalue weighted by molar-refractivity contribution is 0.249. The van der Waals surface area contributed by atoms with Crippen molar-refractivity contribution < 1.29 is 9.18 Å². The number of amides is 2. The van der Waals surface area contributed by atoms with Crippen LogP contribution in [-0.2, 0) is 7.05 Å². The van der Waals surface area contributed by atoms with E-state index in [9.17, 15) is 9.18 Å². The predicted molar refractivity (Wildman–Crippen MR) is 100 cm³/mol. The molecule has 0 aliphatic heterocycles. The third-order valence-corrected chi connectivity index (χ3v) is 4.51. The highest BCUT2D eigenvalue weighted by molar-refractivity contribution is 6.42. The van der Waals surface area contributed by atoms with Gasteiger partial charge in [-0.05, 0) is 35.9 Å². The molecule has 26 heavy (non-hydrogen) atoms. The van der Waals surface area contributed by atoms with Crippen molar-refractivity contribution in [1.82, 2.24) is 14.9 Å². The van der Waals surface area contributed by atoms with Crippen LogP contribution in [0.3, 0.4) is 0 Å². The molecule has 0 spiro atoms. The first-order chi connectivity index (χ1) is 12.4. The summed E-state index contributed by atoms with van der Waals surface area (Å²) in [7, 11) is 1.82. The molecule has 2 amide bonds. The second kappa shape index (κ2) is 7.76. The summed E-state index contributed by atoms with van der Waals surface area (Å²) in [4.78, 5) is 16.7. The van der Waals surface area contributed by atoms with Gasteiger partial charge in [0.2, 0.25) is 0 Å². The topological polar surface area (TPSA) is 59.0 Å². The second-order valence-electron chi connectivity index (χ2n) is 5.61. The molecule has 3 rings (SSSR count). The Kier molecular flexibility index (Phi) is 5.44. The van der Waals surface area contributed by atoms with Gasteiger partial charge in [-0.1, -0.05) is 35.3 Å². The maximum absolute atomic E-state index is 13.2. The number of hydrogen-bond acceptors (Lipinski definition) is 2. The molecule has 2 aromatic carbocycles. The van der Waals surface area contributed by atoms with E-state index in [1.807, 2.05) is 7.05 Å². The molecular formula is C18H15Cl2FN4O. The van der Waals surface area contributed by atoms with Gasteiger partial charge in [-0.15, -0.1) is 0 Å². The number of anilines is 1. The lowest BCUT2D eigenvalue weighted by Gasteiger charge is -2.19. The molecule has 0 saturated heterocycles. The third-order valence-electron chi connectivity index (χ3n) is 3.77. The molecule has 0 bridgehead atoms. The standard InChI is InChI=1S/C18H15Cl2FN4O/c1-25-9-8-22-17(25)16(11-2-4-12(21)5-3-11)24-18(26)23-13-6-7-14(19)15(20)10-13/h2-10,16H,1H3,(H2,23,24,26)/t16-/m1/s1. The van der Waals surface area contributed by atoms with E-state index in [4.69, 9.17) is 23.2 Å². The maximum atomic E-state index is 13.2. The number of aromatic nitrogens is 2. The van der Waals surface area contributed by atoms with Gasteiger partial charge in [-0.2, -0.15) is 0 Å². The summed E-state index contributed by atoms with van der Waals surface area (Å²) < 4.78 is 15.0. The summed E-state index contributed by atoms with van der Waals surface area (Å²) >= 11 is 11.8. The van der Waals surface area contributed by atoms with Crippen LogP contribution in [0.25, 0.3) is 0 Å². The minimum Gasteiger partial charge on any atom is -0.336 e. The smallest absolute Gasteiger partial charge is 0.320 e. The van der Waals surface area contributed by atoms with Crippen LogP contribution in [0, 0.1) is 5.82 Å². The van der Waals surface area contributed by atoms with Crippen molar-refractivity contribution in [3.8, 4) is 0 Å². The van der Waals surface area contributed by atoms with E-state index < -0.39 is 12.1 Å². The molecule has 1 heterocycles. The van der Waals surface area contributed by atoms with E-state index in [-0.39, 0.29) is 5.82 Å². The molecule has 5 nitrogen and oxygen atoms in total. The van der Waals surface area contributed by atoms with Gasteiger partial charge in [0.15, 0.2) is 0 Å². The van der Waals surface area contributed by atoms with Crippen LogP contribution >= 0.6 is 23.2 Å². The first-order valence-electron chi connectivity index (χ1n) is 7.69. The van der Waals surface area contributed by atoms with Crippen molar-refractivity contribution >= 4 is 34.9 Å². The zero-order valence-electron chi connectivity index (χ0n) is 13.7. The number of urea groups is 1. The number of nitrogens with zero attached hydrogens (tertiary/aromatic N) is 2. The normalized spacial score (nSPS) is 11.8. The van der Waals surface area contributed by atoms with Crippen molar-refractivity contribution in [2.24, 2.45) is 7.05 Å². The van der Waals surface area contributed by atoms with Crippen LogP contribution in [0.15, 0.2) is 54.9 Å². The van der Waals surface area contributed by atoms with Crippen molar-refractivity contribution in [3.63, 3.8) is 0 Å². The van der Waals surface area contributed by atoms with Crippen LogP contribution in [0.2, 0.25) is 10.0 Å². The predicted octanol–water partition coefficient (Wildman–Crippen LogP) is 4.78. The molecule has 2 N–H and O–H groups in total. The molecule has 3 aromatic rings. The maximum Gasteiger partial charge on any atom is 0.320 e. The first kappa shape index (κ1) is 18.2. The highest BCUT2D eigenvalue weighted by atomic mass is 35.5. The quantitative estimate of drug-likeness (QED) is 0.671. The fourth-order valence-corrected chi connectivity index (χ4v) is 2.78. The number of carbonyl (C=O) groups excluding carboxylic acids is 1. The highest BCUT2D eigenvalue weighted by Crippen LogP contribution is 2.25. The molecule has 0 saturated carbocycles. The molecule has 0 aliphatic carbocycles. The zero-order valence-corrected chi connectivity index (χ0v) is 15.2. The third kappa shape index (κ3) is 4.15. The fourth-order valence-electron chi connectivity index (χ4n) is 2.48. The minimum atomic E-state index is -0.557. The summed E-state index contributed by atoms with van der Waals surface area (Å²) in [5.74, 6) is 0.258. The van der Waals surface area contributed by atoms with Crippen LogP contribution in [-0.4, -0.2) is 15.6 Å². The van der Waals surface area contributed by atoms with Crippen molar-refractivity contribution in [2.75, 3.05) is 5.32 Å². The number of imidazole rings is 1. The number of carbonyl (C=O) groups is 1. The molecule has 1 atom stereocenters. The lowest BCUT2D eigenvalue weighted by Crippen LogP contribution is -2.34. The van der Waals surface area contributed by atoms with E-state index in [1.165, 1.54) is 12.1 Å². The number of nitrogens with one attached hydrogen (secondary N) is 2. The number of rotatable bonds is 4. The summed E-state index contributed by atoms with van der Waals surface area (Å²) in [6.07, 6.45) is 3.40. The van der Waals surface area contributed by atoms with Gasteiger partial charge in [0.25, 0.3) is 0 Å². The monoisotopic (exact) mass is 392 g/mol. The number of benzene rings is 2. The van der Waals surface area contributed by atoms with Crippen molar-refractivity contribution in [3.05, 3.63) is 82.1 Å². The Morgan fingerprint density at radius 1 is 1.15 bits per heavy atom. The summed E-state index contributed by atoms with van der Waals surface area (Å²) in [6, 6.07) is 9.66. The Morgan fingerprint density at radius 2 is 1.88 bits per heavy atom. The molecule has 0 fully saturated rings. The van der Waals surface area contributed by atoms with E-state index in [0.717, 1.165) is 0 Å². The van der Waals surface area contributed by atoms with Crippen LogP contribution < -0.4 is 10.6 Å². The molecule has 8 heteroatoms. The largest absolute Gasteiger partial charge is 0.336 e. The number of halogens is 3. The van der Waals surface area contributed by atoms with Gasteiger partial charge in [0.1, 0.15) is 17.7 Å². The Morgan fingerprint density at radius 3 is 2.50 bits per heavy atom. The molecule has 0 radical (unpaired) electrons. The zero-order chi connectivity index (χ0) is 18.7. The van der Waals surface area contributed by atoms with Gasteiger partial charge in [-0.3, -0.25) is 0 Å². The van der Waals surface area contributed by atoms with Crippen LogP contribution in [0.4, 0.5) is 14.9 Å². The molecule has 1 aromatic heterocycles. The van der Waals surface area contributed by atoms with E-state index in [0.29, 0.717) is 27.1 Å². The SMILES string of the molecule is Cn1ccnc1[C@H](NC(=O)Nc1ccc(Cl)c(Cl)c1)c1ccc(F)cc1. The Labute approximate surface area is 159 Å². The first-order valence-corrected chi connectivity index (χ1v) is 8.45. The number of aryl methyl sites for hydroxylation is 1. The van der Waals surface area contributed by atoms with Gasteiger partial charge in [0.05, 0.1) is 10.0 Å². The fraction of sp³-hybridized carbons (Fsp3) is 0.111. The highest BCUT2D eigenvalue weighted by Gasteiger charge is 2.21. The summed E-state index contributed by atoms with van der Waals surface area (Å²) in [5.41, 5.74) is 1.19. The Hall–Kier alpha value is -2.57. The van der Waals surface area contributed by atoms with Crippen LogP contribution in [0.5, 0.6) is 0 Å². The van der Waals surface area contributed by atoms with E-state index in [1.54, 1.807) is 47.3 Å². The van der Waals surface area contributed by atoms with Gasteiger partial charge < -0.3 is 15.2 Å². The molecule has 134 valence electrons. The molecular weight excluding hydrogens is 378 g/mol. The second-order valence-corrected chi connectivity index (χ2v) is 6.42.